The molecule has 0 saturated heterocycles. The molecule has 0 amide bonds. The Morgan fingerprint density at radius 2 is 1.17 bits per heavy atom. The van der Waals surface area contributed by atoms with Gasteiger partial charge in [-0.2, -0.15) is 0 Å². The fourth-order valence-corrected chi connectivity index (χ4v) is 4.91. The molecule has 0 fully saturated rings. The Bertz CT molecular complexity index is 975. The van der Waals surface area contributed by atoms with Crippen LogP contribution in [0.3, 0.4) is 0 Å². The van der Waals surface area contributed by atoms with E-state index in [1.54, 1.807) is 21.1 Å². The van der Waals surface area contributed by atoms with Crippen molar-refractivity contribution in [3.05, 3.63) is 60.8 Å². The first-order valence-corrected chi connectivity index (χ1v) is 18.4. The number of quaternary nitrogens is 1. The number of aliphatic carboxylic acids is 1. The van der Waals surface area contributed by atoms with E-state index in [2.05, 4.69) is 26.0 Å². The van der Waals surface area contributed by atoms with Gasteiger partial charge in [-0.1, -0.05) is 132 Å². The number of hydrogen-bond donors (Lipinski definition) is 0. The molecule has 0 aliphatic heterocycles. The van der Waals surface area contributed by atoms with Crippen molar-refractivity contribution in [2.45, 2.75) is 135 Å². The molecule has 8 nitrogen and oxygen atoms in total. The fourth-order valence-electron chi connectivity index (χ4n) is 4.91. The minimum atomic E-state index is -1.14. The number of carboxylic acid groups (broad SMARTS) is 1. The van der Waals surface area contributed by atoms with Gasteiger partial charge in [0.15, 0.2) is 6.10 Å². The summed E-state index contributed by atoms with van der Waals surface area (Å²) in [6.07, 6.45) is 35.3. The number of hydrogen-bond acceptors (Lipinski definition) is 7. The highest BCUT2D eigenvalue weighted by atomic mass is 16.6. The molecule has 0 aromatic carbocycles. The van der Waals surface area contributed by atoms with Gasteiger partial charge in [-0.05, 0) is 32.1 Å². The third-order valence-corrected chi connectivity index (χ3v) is 7.80. The highest BCUT2D eigenvalue weighted by Gasteiger charge is 2.25. The van der Waals surface area contributed by atoms with Crippen molar-refractivity contribution in [2.24, 2.45) is 0 Å². The maximum absolute atomic E-state index is 12.6. The first kappa shape index (κ1) is 45.0. The van der Waals surface area contributed by atoms with E-state index in [0.29, 0.717) is 12.8 Å². The monoisotopic (exact) mass is 673 g/mol. The Kier molecular flexibility index (Phi) is 29.4. The molecule has 0 aromatic heterocycles. The number of carbonyl (C=O) groups excluding carboxylic acids is 3. The second kappa shape index (κ2) is 31.3. The number of ether oxygens (including phenoxy) is 3. The molecule has 8 heteroatoms. The molecule has 0 aromatic rings. The average Bonchev–Trinajstić information content (AvgIpc) is 3.03. The van der Waals surface area contributed by atoms with E-state index in [1.165, 1.54) is 38.5 Å². The summed E-state index contributed by atoms with van der Waals surface area (Å²) < 4.78 is 17.0. The molecule has 274 valence electrons. The van der Waals surface area contributed by atoms with Gasteiger partial charge in [-0.25, -0.2) is 0 Å². The first-order valence-electron chi connectivity index (χ1n) is 18.4. The maximum Gasteiger partial charge on any atom is 0.306 e. The summed E-state index contributed by atoms with van der Waals surface area (Å²) in [6, 6.07) is -0.731. The van der Waals surface area contributed by atoms with Crippen LogP contribution in [0.4, 0.5) is 0 Å². The van der Waals surface area contributed by atoms with Crippen LogP contribution in [0.25, 0.3) is 0 Å². The topological polar surface area (TPSA) is 102 Å². The summed E-state index contributed by atoms with van der Waals surface area (Å²) >= 11 is 0. The third kappa shape index (κ3) is 29.2. The molecule has 0 rings (SSSR count). The number of allylic oxidation sites excluding steroid dienone is 10. The lowest BCUT2D eigenvalue weighted by molar-refractivity contribution is -0.889. The largest absolute Gasteiger partial charge is 0.544 e. The van der Waals surface area contributed by atoms with E-state index in [0.717, 1.165) is 51.4 Å². The zero-order chi connectivity index (χ0) is 35.7. The maximum atomic E-state index is 12.6. The van der Waals surface area contributed by atoms with Gasteiger partial charge in [0.2, 0.25) is 0 Å². The zero-order valence-electron chi connectivity index (χ0n) is 30.9. The predicted octanol–water partition coefficient (Wildman–Crippen LogP) is 7.74. The fraction of sp³-hybridized carbons (Fsp3) is 0.675. The normalized spacial score (nSPS) is 13.8. The van der Waals surface area contributed by atoms with E-state index in [1.807, 2.05) is 48.6 Å². The lowest BCUT2D eigenvalue weighted by Crippen LogP contribution is -2.55. The van der Waals surface area contributed by atoms with E-state index in [-0.39, 0.29) is 42.7 Å². The van der Waals surface area contributed by atoms with Gasteiger partial charge in [0.05, 0.1) is 40.3 Å². The van der Waals surface area contributed by atoms with Crippen LogP contribution in [0.5, 0.6) is 0 Å². The van der Waals surface area contributed by atoms with E-state index < -0.39 is 18.1 Å². The summed E-state index contributed by atoms with van der Waals surface area (Å²) in [7, 11) is 5.37. The molecule has 0 spiro atoms. The van der Waals surface area contributed by atoms with Crippen molar-refractivity contribution in [2.75, 3.05) is 41.0 Å². The molecular formula is C40H67NO7. The molecule has 0 aliphatic rings. The van der Waals surface area contributed by atoms with E-state index in [9.17, 15) is 19.5 Å². The van der Waals surface area contributed by atoms with Gasteiger partial charge < -0.3 is 28.6 Å². The van der Waals surface area contributed by atoms with Crippen molar-refractivity contribution in [1.29, 1.82) is 0 Å². The van der Waals surface area contributed by atoms with Crippen LogP contribution in [-0.4, -0.2) is 75.5 Å². The van der Waals surface area contributed by atoms with Crippen molar-refractivity contribution in [3.8, 4) is 0 Å². The number of rotatable bonds is 31. The third-order valence-electron chi connectivity index (χ3n) is 7.80. The van der Waals surface area contributed by atoms with Crippen LogP contribution in [-0.2, 0) is 28.6 Å². The van der Waals surface area contributed by atoms with Crippen LogP contribution in [0.1, 0.15) is 123 Å². The molecule has 2 unspecified atom stereocenters. The molecule has 0 aliphatic carbocycles. The van der Waals surface area contributed by atoms with Crippen molar-refractivity contribution < 1.29 is 38.2 Å². The predicted molar refractivity (Wildman–Crippen MR) is 194 cm³/mol. The number of esters is 2. The smallest absolute Gasteiger partial charge is 0.306 e. The van der Waals surface area contributed by atoms with Gasteiger partial charge in [-0.3, -0.25) is 9.59 Å². The summed E-state index contributed by atoms with van der Waals surface area (Å²) in [5.74, 6) is -1.80. The zero-order valence-corrected chi connectivity index (χ0v) is 30.9. The lowest BCUT2D eigenvalue weighted by atomic mass is 10.1. The van der Waals surface area contributed by atoms with Crippen LogP contribution in [0.2, 0.25) is 0 Å². The molecule has 0 N–H and O–H groups in total. The number of carbonyl (C=O) groups is 3. The molecule has 0 heterocycles. The number of likely N-dealkylation sites (N-methyl/N-ethyl adjacent to an activating group) is 1. The minimum Gasteiger partial charge on any atom is -0.544 e. The summed E-state index contributed by atoms with van der Waals surface area (Å²) in [4.78, 5) is 36.5. The summed E-state index contributed by atoms with van der Waals surface area (Å²) in [6.45, 7) is 4.42. The van der Waals surface area contributed by atoms with Crippen molar-refractivity contribution >= 4 is 17.9 Å². The standard InChI is InChI=1S/C40H67NO7/c1-6-8-10-12-14-16-17-18-19-20-21-23-24-26-28-30-38(42)47-35-36(34-46-33-32-37(40(44)45)41(3,4)5)48-39(43)31-29-27-25-22-15-13-11-9-7-2/h8,10,12,14,16-21,36-37H,6-7,9,11,13,15,22-35H2,1-5H3/b10-8+,14-12+,17-16+,19-18+,21-20+. The van der Waals surface area contributed by atoms with E-state index in [4.69, 9.17) is 14.2 Å². The highest BCUT2D eigenvalue weighted by Crippen LogP contribution is 2.12. The Morgan fingerprint density at radius 1 is 0.646 bits per heavy atom. The van der Waals surface area contributed by atoms with Crippen LogP contribution in [0, 0.1) is 0 Å². The molecule has 0 bridgehead atoms. The Hall–Kier alpha value is -2.97. The van der Waals surface area contributed by atoms with Gasteiger partial charge in [0.25, 0.3) is 0 Å². The van der Waals surface area contributed by atoms with Crippen molar-refractivity contribution in [3.63, 3.8) is 0 Å². The van der Waals surface area contributed by atoms with Gasteiger partial charge >= 0.3 is 11.9 Å². The van der Waals surface area contributed by atoms with Crippen LogP contribution >= 0.6 is 0 Å². The first-order chi connectivity index (χ1) is 23.1. The van der Waals surface area contributed by atoms with Gasteiger partial charge in [-0.15, -0.1) is 0 Å². The highest BCUT2D eigenvalue weighted by molar-refractivity contribution is 5.70. The Balaban J connectivity index is 4.52. The number of unbranched alkanes of at least 4 members (excludes halogenated alkanes) is 11. The van der Waals surface area contributed by atoms with Gasteiger partial charge in [0.1, 0.15) is 12.6 Å². The molecular weight excluding hydrogens is 606 g/mol. The molecule has 0 saturated carbocycles. The SMILES string of the molecule is CC/C=C/C=C/C=C/C=C/C=C/CCCCCC(=O)OCC(COCCC(C(=O)[O-])[N+](C)(C)C)OC(=O)CCCCCCCCCCC. The van der Waals surface area contributed by atoms with Crippen LogP contribution < -0.4 is 5.11 Å². The van der Waals surface area contributed by atoms with Gasteiger partial charge in [0, 0.05) is 19.3 Å². The summed E-state index contributed by atoms with van der Waals surface area (Å²) in [5.41, 5.74) is 0. The molecule has 0 radical (unpaired) electrons. The second-order valence-electron chi connectivity index (χ2n) is 13.2. The Labute approximate surface area is 292 Å². The van der Waals surface area contributed by atoms with E-state index >= 15 is 0 Å². The van der Waals surface area contributed by atoms with Crippen LogP contribution in [0.15, 0.2) is 60.8 Å². The number of nitrogens with zero attached hydrogens (tertiary/aromatic N) is 1. The summed E-state index contributed by atoms with van der Waals surface area (Å²) in [5, 5.41) is 11.6. The molecule has 2 atom stereocenters. The lowest BCUT2D eigenvalue weighted by Gasteiger charge is -2.34. The quantitative estimate of drug-likeness (QED) is 0.0321. The number of carboxylic acids is 1. The van der Waals surface area contributed by atoms with Crippen molar-refractivity contribution in [1.82, 2.24) is 0 Å². The Morgan fingerprint density at radius 3 is 1.73 bits per heavy atom. The molecule has 48 heavy (non-hydrogen) atoms. The second-order valence-corrected chi connectivity index (χ2v) is 13.2. The minimum absolute atomic E-state index is 0.0251. The average molecular weight is 674 g/mol.